The van der Waals surface area contributed by atoms with Crippen LogP contribution in [-0.2, 0) is 17.8 Å². The first-order valence-electron chi connectivity index (χ1n) is 6.23. The summed E-state index contributed by atoms with van der Waals surface area (Å²) in [5, 5.41) is 3.24. The molecule has 5 nitrogen and oxygen atoms in total. The van der Waals surface area contributed by atoms with E-state index in [0.717, 1.165) is 11.3 Å². The molecule has 0 bridgehead atoms. The molecule has 0 aliphatic carbocycles. The molecule has 0 spiro atoms. The molecule has 0 fully saturated rings. The van der Waals surface area contributed by atoms with Crippen LogP contribution in [0.15, 0.2) is 41.0 Å². The van der Waals surface area contributed by atoms with Crippen LogP contribution in [0.3, 0.4) is 0 Å². The van der Waals surface area contributed by atoms with Gasteiger partial charge < -0.3 is 19.2 Å². The van der Waals surface area contributed by atoms with Crippen molar-refractivity contribution in [3.63, 3.8) is 0 Å². The molecule has 1 heterocycles. The number of furan rings is 1. The number of rotatable bonds is 6. The predicted octanol–water partition coefficient (Wildman–Crippen LogP) is 2.36. The Labute approximate surface area is 117 Å². The second kappa shape index (κ2) is 6.77. The van der Waals surface area contributed by atoms with Crippen LogP contribution in [-0.4, -0.2) is 20.2 Å². The summed E-state index contributed by atoms with van der Waals surface area (Å²) >= 11 is 0. The molecule has 5 heteroatoms. The molecule has 0 amide bonds. The highest BCUT2D eigenvalue weighted by Gasteiger charge is 2.10. The number of benzene rings is 1. The molecule has 0 aliphatic heterocycles. The van der Waals surface area contributed by atoms with Gasteiger partial charge in [-0.15, -0.1) is 0 Å². The minimum absolute atomic E-state index is 0.398. The summed E-state index contributed by atoms with van der Waals surface area (Å²) in [5.74, 6) is 1.12. The summed E-state index contributed by atoms with van der Waals surface area (Å²) in [5.41, 5.74) is 1.48. The summed E-state index contributed by atoms with van der Waals surface area (Å²) in [6, 6.07) is 9.47. The highest BCUT2D eigenvalue weighted by molar-refractivity contribution is 5.88. The molecule has 20 heavy (non-hydrogen) atoms. The minimum atomic E-state index is -0.398. The Morgan fingerprint density at radius 3 is 2.80 bits per heavy atom. The van der Waals surface area contributed by atoms with Gasteiger partial charge in [-0.2, -0.15) is 0 Å². The van der Waals surface area contributed by atoms with Crippen molar-refractivity contribution in [2.24, 2.45) is 0 Å². The number of nitrogens with one attached hydrogen (secondary N) is 1. The van der Waals surface area contributed by atoms with Crippen LogP contribution in [0.2, 0.25) is 0 Å². The molecule has 1 aromatic heterocycles. The van der Waals surface area contributed by atoms with E-state index in [4.69, 9.17) is 9.15 Å². The van der Waals surface area contributed by atoms with E-state index in [9.17, 15) is 4.79 Å². The lowest BCUT2D eigenvalue weighted by atomic mass is 10.2. The Balaban J connectivity index is 1.89. The van der Waals surface area contributed by atoms with Gasteiger partial charge in [-0.1, -0.05) is 18.2 Å². The topological polar surface area (TPSA) is 60.7 Å². The Kier molecular flexibility index (Phi) is 4.79. The standard InChI is InChI=1S/C15H17NO4/c1-18-14-6-4-3-5-11(14)8-16-9-13-7-12(10-20-13)15(17)19-2/h3-7,10,16H,8-9H2,1-2H3. The van der Waals surface area contributed by atoms with Gasteiger partial charge in [-0.3, -0.25) is 0 Å². The molecule has 1 N–H and O–H groups in total. The largest absolute Gasteiger partial charge is 0.496 e. The minimum Gasteiger partial charge on any atom is -0.496 e. The fraction of sp³-hybridized carbons (Fsp3) is 0.267. The number of hydrogen-bond donors (Lipinski definition) is 1. The monoisotopic (exact) mass is 275 g/mol. The van der Waals surface area contributed by atoms with Crippen LogP contribution < -0.4 is 10.1 Å². The third-order valence-electron chi connectivity index (χ3n) is 2.88. The van der Waals surface area contributed by atoms with E-state index < -0.39 is 5.97 Å². The van der Waals surface area contributed by atoms with Crippen molar-refractivity contribution in [1.29, 1.82) is 0 Å². The van der Waals surface area contributed by atoms with E-state index in [2.05, 4.69) is 10.1 Å². The lowest BCUT2D eigenvalue weighted by Gasteiger charge is -2.08. The Hall–Kier alpha value is -2.27. The van der Waals surface area contributed by atoms with E-state index in [1.54, 1.807) is 13.2 Å². The lowest BCUT2D eigenvalue weighted by Crippen LogP contribution is -2.12. The van der Waals surface area contributed by atoms with Crippen LogP contribution in [0, 0.1) is 0 Å². The quantitative estimate of drug-likeness (QED) is 0.820. The molecule has 2 aromatic rings. The van der Waals surface area contributed by atoms with Gasteiger partial charge in [0.15, 0.2) is 0 Å². The average molecular weight is 275 g/mol. The second-order valence-electron chi connectivity index (χ2n) is 4.21. The fourth-order valence-electron chi connectivity index (χ4n) is 1.87. The zero-order chi connectivity index (χ0) is 14.4. The Morgan fingerprint density at radius 2 is 2.05 bits per heavy atom. The van der Waals surface area contributed by atoms with Gasteiger partial charge in [-0.25, -0.2) is 4.79 Å². The average Bonchev–Trinajstić information content (AvgIpc) is 2.96. The van der Waals surface area contributed by atoms with Crippen molar-refractivity contribution in [3.8, 4) is 5.75 Å². The smallest absolute Gasteiger partial charge is 0.341 e. The predicted molar refractivity (Wildman–Crippen MR) is 73.6 cm³/mol. The summed E-state index contributed by atoms with van der Waals surface area (Å²) in [4.78, 5) is 11.3. The van der Waals surface area contributed by atoms with Crippen LogP contribution in [0.25, 0.3) is 0 Å². The van der Waals surface area contributed by atoms with Crippen molar-refractivity contribution in [1.82, 2.24) is 5.32 Å². The van der Waals surface area contributed by atoms with Crippen molar-refractivity contribution >= 4 is 5.97 Å². The normalized spacial score (nSPS) is 10.3. The first kappa shape index (κ1) is 14.1. The van der Waals surface area contributed by atoms with Gasteiger partial charge in [-0.05, 0) is 12.1 Å². The van der Waals surface area contributed by atoms with Crippen molar-refractivity contribution in [2.75, 3.05) is 14.2 Å². The molecule has 0 aliphatic rings. The van der Waals surface area contributed by atoms with Gasteiger partial charge in [0.1, 0.15) is 17.8 Å². The summed E-state index contributed by atoms with van der Waals surface area (Å²) in [6.45, 7) is 1.17. The van der Waals surface area contributed by atoms with Gasteiger partial charge in [0.05, 0.1) is 26.3 Å². The molecule has 0 atom stereocenters. The molecular formula is C15H17NO4. The van der Waals surface area contributed by atoms with Crippen LogP contribution >= 0.6 is 0 Å². The second-order valence-corrected chi connectivity index (χ2v) is 4.21. The van der Waals surface area contributed by atoms with E-state index in [-0.39, 0.29) is 0 Å². The number of esters is 1. The first-order chi connectivity index (χ1) is 9.74. The number of hydrogen-bond acceptors (Lipinski definition) is 5. The number of para-hydroxylation sites is 1. The molecular weight excluding hydrogens is 258 g/mol. The summed E-state index contributed by atoms with van der Waals surface area (Å²) in [7, 11) is 2.99. The number of carbonyl (C=O) groups excluding carboxylic acids is 1. The van der Waals surface area contributed by atoms with Crippen LogP contribution in [0.4, 0.5) is 0 Å². The number of methoxy groups -OCH3 is 2. The van der Waals surface area contributed by atoms with Gasteiger partial charge in [0, 0.05) is 12.1 Å². The van der Waals surface area contributed by atoms with Gasteiger partial charge >= 0.3 is 5.97 Å². The Bertz CT molecular complexity index is 577. The molecule has 0 saturated heterocycles. The van der Waals surface area contributed by atoms with Gasteiger partial charge in [0.25, 0.3) is 0 Å². The number of ether oxygens (including phenoxy) is 2. The highest BCUT2D eigenvalue weighted by atomic mass is 16.5. The van der Waals surface area contributed by atoms with Gasteiger partial charge in [0.2, 0.25) is 0 Å². The third kappa shape index (κ3) is 3.39. The van der Waals surface area contributed by atoms with Crippen molar-refractivity contribution in [2.45, 2.75) is 13.1 Å². The van der Waals surface area contributed by atoms with E-state index in [1.165, 1.54) is 13.4 Å². The Morgan fingerprint density at radius 1 is 1.25 bits per heavy atom. The summed E-state index contributed by atoms with van der Waals surface area (Å²) in [6.07, 6.45) is 1.39. The maximum Gasteiger partial charge on any atom is 0.341 e. The molecule has 106 valence electrons. The third-order valence-corrected chi connectivity index (χ3v) is 2.88. The first-order valence-corrected chi connectivity index (χ1v) is 6.23. The van der Waals surface area contributed by atoms with Crippen molar-refractivity contribution < 1.29 is 18.7 Å². The molecule has 2 rings (SSSR count). The SMILES string of the molecule is COC(=O)c1coc(CNCc2ccccc2OC)c1. The number of carbonyl (C=O) groups is 1. The highest BCUT2D eigenvalue weighted by Crippen LogP contribution is 2.17. The van der Waals surface area contributed by atoms with Crippen LogP contribution in [0.5, 0.6) is 5.75 Å². The molecule has 0 radical (unpaired) electrons. The fourth-order valence-corrected chi connectivity index (χ4v) is 1.87. The van der Waals surface area contributed by atoms with E-state index >= 15 is 0 Å². The van der Waals surface area contributed by atoms with E-state index in [1.807, 2.05) is 24.3 Å². The van der Waals surface area contributed by atoms with Crippen LogP contribution in [0.1, 0.15) is 21.7 Å². The maximum absolute atomic E-state index is 11.3. The molecule has 0 saturated carbocycles. The zero-order valence-electron chi connectivity index (χ0n) is 11.5. The summed E-state index contributed by atoms with van der Waals surface area (Å²) < 4.78 is 15.2. The zero-order valence-corrected chi connectivity index (χ0v) is 11.5. The molecule has 0 unspecified atom stereocenters. The van der Waals surface area contributed by atoms with Crippen molar-refractivity contribution in [3.05, 3.63) is 53.5 Å². The van der Waals surface area contributed by atoms with E-state index in [0.29, 0.717) is 24.4 Å². The molecule has 1 aromatic carbocycles. The lowest BCUT2D eigenvalue weighted by molar-refractivity contribution is 0.0600. The maximum atomic E-state index is 11.3.